The lowest BCUT2D eigenvalue weighted by molar-refractivity contribution is 0.0354. The minimum atomic E-state index is -0.284. The zero-order valence-electron chi connectivity index (χ0n) is 13.4. The average molecular weight is 310 g/mol. The van der Waals surface area contributed by atoms with Crippen molar-refractivity contribution < 1.29 is 9.90 Å². The second-order valence-corrected chi connectivity index (χ2v) is 7.17. The van der Waals surface area contributed by atoms with Gasteiger partial charge in [0.25, 0.3) is 0 Å². The number of likely N-dealkylation sites (tertiary alicyclic amines) is 2. The monoisotopic (exact) mass is 310 g/mol. The van der Waals surface area contributed by atoms with Gasteiger partial charge in [0.2, 0.25) is 0 Å². The van der Waals surface area contributed by atoms with Crippen molar-refractivity contribution in [3.05, 3.63) is 0 Å². The van der Waals surface area contributed by atoms with Crippen LogP contribution in [-0.2, 0) is 0 Å². The molecule has 0 aromatic carbocycles. The van der Waals surface area contributed by atoms with Gasteiger partial charge in [-0.2, -0.15) is 0 Å². The summed E-state index contributed by atoms with van der Waals surface area (Å²) in [6, 6.07) is 0.889. The molecule has 3 aliphatic rings. The Morgan fingerprint density at radius 2 is 1.91 bits per heavy atom. The zero-order chi connectivity index (χ0) is 15.5. The molecule has 6 nitrogen and oxygen atoms in total. The lowest BCUT2D eigenvalue weighted by Crippen LogP contribution is -2.53. The van der Waals surface area contributed by atoms with Crippen LogP contribution in [0.15, 0.2) is 0 Å². The topological polar surface area (TPSA) is 81.8 Å². The molecular formula is C16H30N4O2. The molecule has 3 atom stereocenters. The van der Waals surface area contributed by atoms with Gasteiger partial charge < -0.3 is 21.1 Å². The van der Waals surface area contributed by atoms with Crippen LogP contribution in [0.4, 0.5) is 4.79 Å². The third-order valence-corrected chi connectivity index (χ3v) is 5.80. The fraction of sp³-hybridized carbons (Fsp3) is 0.938. The summed E-state index contributed by atoms with van der Waals surface area (Å²) in [5, 5.41) is 13.4. The van der Waals surface area contributed by atoms with Gasteiger partial charge in [-0.1, -0.05) is 6.42 Å². The summed E-state index contributed by atoms with van der Waals surface area (Å²) < 4.78 is 0. The number of nitrogens with zero attached hydrogens (tertiary/aromatic N) is 2. The Balaban J connectivity index is 1.57. The Labute approximate surface area is 133 Å². The molecule has 2 amide bonds. The number of hydrogen-bond donors (Lipinski definition) is 3. The zero-order valence-corrected chi connectivity index (χ0v) is 13.4. The van der Waals surface area contributed by atoms with Crippen molar-refractivity contribution in [1.29, 1.82) is 0 Å². The van der Waals surface area contributed by atoms with E-state index in [1.165, 1.54) is 25.8 Å². The molecule has 0 saturated carbocycles. The lowest BCUT2D eigenvalue weighted by Gasteiger charge is -2.45. The van der Waals surface area contributed by atoms with Crippen LogP contribution in [0.25, 0.3) is 0 Å². The van der Waals surface area contributed by atoms with Crippen LogP contribution in [0.3, 0.4) is 0 Å². The second-order valence-electron chi connectivity index (χ2n) is 7.17. The van der Waals surface area contributed by atoms with Gasteiger partial charge in [-0.3, -0.25) is 4.90 Å². The summed E-state index contributed by atoms with van der Waals surface area (Å²) in [5.41, 5.74) is 5.38. The van der Waals surface area contributed by atoms with Gasteiger partial charge >= 0.3 is 6.03 Å². The summed E-state index contributed by atoms with van der Waals surface area (Å²) >= 11 is 0. The number of carbonyl (C=O) groups excluding carboxylic acids is 1. The van der Waals surface area contributed by atoms with E-state index in [0.717, 1.165) is 45.4 Å². The van der Waals surface area contributed by atoms with E-state index in [2.05, 4.69) is 10.2 Å². The molecule has 0 aromatic heterocycles. The van der Waals surface area contributed by atoms with Gasteiger partial charge in [-0.15, -0.1) is 0 Å². The summed E-state index contributed by atoms with van der Waals surface area (Å²) in [6.07, 6.45) is 6.81. The van der Waals surface area contributed by atoms with Crippen LogP contribution in [0.5, 0.6) is 0 Å². The van der Waals surface area contributed by atoms with Gasteiger partial charge in [0, 0.05) is 44.2 Å². The summed E-state index contributed by atoms with van der Waals surface area (Å²) in [7, 11) is 0. The van der Waals surface area contributed by atoms with Crippen LogP contribution in [0, 0.1) is 5.92 Å². The maximum absolute atomic E-state index is 11.3. The highest BCUT2D eigenvalue weighted by atomic mass is 16.3. The fourth-order valence-corrected chi connectivity index (χ4v) is 4.48. The summed E-state index contributed by atoms with van der Waals surface area (Å²) in [5.74, 6) is 0.399. The van der Waals surface area contributed by atoms with E-state index in [-0.39, 0.29) is 12.1 Å². The largest absolute Gasteiger partial charge is 0.391 e. The molecule has 0 aromatic rings. The Morgan fingerprint density at radius 3 is 2.55 bits per heavy atom. The molecule has 1 unspecified atom stereocenters. The van der Waals surface area contributed by atoms with Crippen molar-refractivity contribution >= 4 is 6.03 Å². The number of aliphatic hydroxyl groups is 1. The first kappa shape index (κ1) is 16.0. The molecule has 0 spiro atoms. The van der Waals surface area contributed by atoms with Gasteiger partial charge in [-0.25, -0.2) is 4.79 Å². The number of primary amides is 1. The van der Waals surface area contributed by atoms with E-state index < -0.39 is 0 Å². The highest BCUT2D eigenvalue weighted by molar-refractivity contribution is 5.72. The molecule has 3 saturated heterocycles. The van der Waals surface area contributed by atoms with Crippen LogP contribution in [0.1, 0.15) is 38.5 Å². The molecule has 4 N–H and O–H groups in total. The number of rotatable bonds is 3. The van der Waals surface area contributed by atoms with Crippen LogP contribution < -0.4 is 11.1 Å². The number of nitrogens with two attached hydrogens (primary N) is 1. The van der Waals surface area contributed by atoms with Crippen LogP contribution in [-0.4, -0.2) is 71.8 Å². The van der Waals surface area contributed by atoms with Gasteiger partial charge in [0.1, 0.15) is 0 Å². The normalized spacial score (nSPS) is 35.0. The van der Waals surface area contributed by atoms with E-state index in [1.807, 2.05) is 0 Å². The first-order valence-corrected chi connectivity index (χ1v) is 8.84. The van der Waals surface area contributed by atoms with Crippen molar-refractivity contribution in [2.45, 2.75) is 56.7 Å². The number of urea groups is 1. The number of carbonyl (C=O) groups is 1. The minimum Gasteiger partial charge on any atom is -0.391 e. The molecule has 6 heteroatoms. The average Bonchev–Trinajstić information content (AvgIpc) is 2.93. The number of nitrogens with one attached hydrogen (secondary N) is 1. The second kappa shape index (κ2) is 7.15. The Bertz CT molecular complexity index is 384. The minimum absolute atomic E-state index is 0.180. The highest BCUT2D eigenvalue weighted by Gasteiger charge is 2.35. The number of aliphatic hydroxyl groups excluding tert-OH is 1. The Kier molecular flexibility index (Phi) is 5.21. The van der Waals surface area contributed by atoms with Crippen LogP contribution in [0.2, 0.25) is 0 Å². The third kappa shape index (κ3) is 3.55. The molecule has 3 fully saturated rings. The molecule has 3 rings (SSSR count). The van der Waals surface area contributed by atoms with Crippen molar-refractivity contribution in [2.24, 2.45) is 11.7 Å². The van der Waals surface area contributed by atoms with Crippen molar-refractivity contribution in [1.82, 2.24) is 15.1 Å². The van der Waals surface area contributed by atoms with E-state index in [1.54, 1.807) is 4.90 Å². The van der Waals surface area contributed by atoms with Crippen LogP contribution >= 0.6 is 0 Å². The number of piperidine rings is 2. The van der Waals surface area contributed by atoms with E-state index in [0.29, 0.717) is 18.0 Å². The third-order valence-electron chi connectivity index (χ3n) is 5.80. The molecule has 22 heavy (non-hydrogen) atoms. The van der Waals surface area contributed by atoms with E-state index in [9.17, 15) is 9.90 Å². The van der Waals surface area contributed by atoms with Gasteiger partial charge in [-0.05, 0) is 38.6 Å². The number of amides is 2. The first-order chi connectivity index (χ1) is 10.6. The van der Waals surface area contributed by atoms with E-state index in [4.69, 9.17) is 5.73 Å². The van der Waals surface area contributed by atoms with Crippen molar-refractivity contribution in [2.75, 3.05) is 32.7 Å². The molecule has 0 radical (unpaired) electrons. The first-order valence-electron chi connectivity index (χ1n) is 8.84. The van der Waals surface area contributed by atoms with Gasteiger partial charge in [0.05, 0.1) is 6.10 Å². The van der Waals surface area contributed by atoms with Gasteiger partial charge in [0.15, 0.2) is 0 Å². The molecular weight excluding hydrogens is 280 g/mol. The maximum Gasteiger partial charge on any atom is 0.314 e. The Hall–Kier alpha value is -0.850. The smallest absolute Gasteiger partial charge is 0.314 e. The lowest BCUT2D eigenvalue weighted by atomic mass is 9.88. The predicted octanol–water partition coefficient (Wildman–Crippen LogP) is 0.354. The molecule has 3 heterocycles. The standard InChI is InChI=1S/C16H30N4O2/c17-16(22)19-7-4-13(5-8-19)20-6-2-1-3-14(20)9-12-10-18-11-15(12)21/h12-15,18,21H,1-11H2,(H2,17,22)/t12-,14?,15+/m1/s1. The number of hydrogen-bond acceptors (Lipinski definition) is 4. The molecule has 0 bridgehead atoms. The SMILES string of the molecule is NC(=O)N1CCC(N2CCCCC2C[C@@H]2CNC[C@@H]2O)CC1. The number of β-amino-alcohol motifs (C(OH)–C–C–N with tert-alkyl or cyclic N) is 1. The molecule has 3 aliphatic heterocycles. The van der Waals surface area contributed by atoms with E-state index >= 15 is 0 Å². The van der Waals surface area contributed by atoms with Crippen molar-refractivity contribution in [3.63, 3.8) is 0 Å². The van der Waals surface area contributed by atoms with Crippen molar-refractivity contribution in [3.8, 4) is 0 Å². The predicted molar refractivity (Wildman–Crippen MR) is 85.5 cm³/mol. The Morgan fingerprint density at radius 1 is 1.14 bits per heavy atom. The maximum atomic E-state index is 11.3. The summed E-state index contributed by atoms with van der Waals surface area (Å²) in [6.45, 7) is 4.44. The highest BCUT2D eigenvalue weighted by Crippen LogP contribution is 2.30. The summed E-state index contributed by atoms with van der Waals surface area (Å²) in [4.78, 5) is 15.7. The molecule has 0 aliphatic carbocycles. The molecule has 126 valence electrons. The fourth-order valence-electron chi connectivity index (χ4n) is 4.48. The quantitative estimate of drug-likeness (QED) is 0.703.